The van der Waals surface area contributed by atoms with E-state index in [-0.39, 0.29) is 29.2 Å². The summed E-state index contributed by atoms with van der Waals surface area (Å²) in [5, 5.41) is 1.89. The number of carbonyl (C=O) groups is 1. The Bertz CT molecular complexity index is 1150. The summed E-state index contributed by atoms with van der Waals surface area (Å²) in [6.45, 7) is 0.872. The third kappa shape index (κ3) is 5.20. The molecule has 1 aromatic heterocycles. The zero-order chi connectivity index (χ0) is 21.8. The Balaban J connectivity index is 1.43. The monoisotopic (exact) mass is 458 g/mol. The van der Waals surface area contributed by atoms with Crippen LogP contribution in [0.5, 0.6) is 0 Å². The van der Waals surface area contributed by atoms with Gasteiger partial charge < -0.3 is 4.90 Å². The molecule has 1 saturated heterocycles. The van der Waals surface area contributed by atoms with Crippen molar-refractivity contribution in [2.75, 3.05) is 6.54 Å². The standard InChI is InChI=1S/C23H23FN2O3S2/c24-19-5-1-4-17(14-19)15-20-6-2-12-26(20)23(27)18-8-10-22(11-9-18)31(28,29)25-16-21-7-3-13-30-21/h1,3-5,7-11,13-14,20,25H,2,6,12,15-16H2. The van der Waals surface area contributed by atoms with Crippen LogP contribution >= 0.6 is 11.3 Å². The van der Waals surface area contributed by atoms with Gasteiger partial charge in [0.2, 0.25) is 10.0 Å². The summed E-state index contributed by atoms with van der Waals surface area (Å²) in [5.41, 5.74) is 1.31. The third-order valence-corrected chi connectivity index (χ3v) is 7.72. The molecule has 4 rings (SSSR count). The lowest BCUT2D eigenvalue weighted by Crippen LogP contribution is -2.36. The molecule has 2 aromatic carbocycles. The highest BCUT2D eigenvalue weighted by Crippen LogP contribution is 2.24. The number of benzene rings is 2. The van der Waals surface area contributed by atoms with Crippen LogP contribution in [-0.2, 0) is 23.0 Å². The Morgan fingerprint density at radius 2 is 1.94 bits per heavy atom. The average molecular weight is 459 g/mol. The summed E-state index contributed by atoms with van der Waals surface area (Å²) in [6.07, 6.45) is 2.36. The second-order valence-electron chi connectivity index (χ2n) is 7.56. The number of halogens is 1. The number of hydrogen-bond acceptors (Lipinski definition) is 4. The van der Waals surface area contributed by atoms with Gasteiger partial charge in [-0.15, -0.1) is 11.3 Å². The number of thiophene rings is 1. The summed E-state index contributed by atoms with van der Waals surface area (Å²) < 4.78 is 41.1. The van der Waals surface area contributed by atoms with Gasteiger partial charge in [-0.05, 0) is 72.7 Å². The van der Waals surface area contributed by atoms with Gasteiger partial charge in [-0.2, -0.15) is 0 Å². The minimum absolute atomic E-state index is 0.00479. The van der Waals surface area contributed by atoms with E-state index in [0.29, 0.717) is 18.5 Å². The van der Waals surface area contributed by atoms with Crippen molar-refractivity contribution in [3.63, 3.8) is 0 Å². The van der Waals surface area contributed by atoms with Gasteiger partial charge in [-0.25, -0.2) is 17.5 Å². The fourth-order valence-electron chi connectivity index (χ4n) is 3.86. The number of amides is 1. The number of hydrogen-bond donors (Lipinski definition) is 1. The van der Waals surface area contributed by atoms with Crippen molar-refractivity contribution in [2.24, 2.45) is 0 Å². The van der Waals surface area contributed by atoms with Crippen molar-refractivity contribution in [3.8, 4) is 0 Å². The largest absolute Gasteiger partial charge is 0.335 e. The predicted molar refractivity (Wildman–Crippen MR) is 119 cm³/mol. The molecule has 1 atom stereocenters. The lowest BCUT2D eigenvalue weighted by atomic mass is 10.0. The van der Waals surface area contributed by atoms with Gasteiger partial charge in [0, 0.05) is 29.6 Å². The van der Waals surface area contributed by atoms with Gasteiger partial charge in [0.25, 0.3) is 5.91 Å². The predicted octanol–water partition coefficient (Wildman–Crippen LogP) is 4.21. The molecule has 0 aliphatic carbocycles. The fourth-order valence-corrected chi connectivity index (χ4v) is 5.60. The van der Waals surface area contributed by atoms with E-state index in [1.807, 2.05) is 28.5 Å². The molecule has 1 fully saturated rings. The number of likely N-dealkylation sites (tertiary alicyclic amines) is 1. The number of rotatable bonds is 7. The number of carbonyl (C=O) groups excluding carboxylic acids is 1. The van der Waals surface area contributed by atoms with Crippen molar-refractivity contribution in [1.82, 2.24) is 9.62 Å². The maximum absolute atomic E-state index is 13.5. The molecule has 162 valence electrons. The Kier molecular flexibility index (Phi) is 6.50. The minimum Gasteiger partial charge on any atom is -0.335 e. The first-order valence-corrected chi connectivity index (χ1v) is 12.5. The summed E-state index contributed by atoms with van der Waals surface area (Å²) in [5.74, 6) is -0.410. The Morgan fingerprint density at radius 3 is 2.65 bits per heavy atom. The normalized spacial score (nSPS) is 16.5. The summed E-state index contributed by atoms with van der Waals surface area (Å²) in [7, 11) is -3.66. The van der Waals surface area contributed by atoms with E-state index < -0.39 is 10.0 Å². The first kappa shape index (κ1) is 21.7. The Hall–Kier alpha value is -2.55. The Morgan fingerprint density at radius 1 is 1.13 bits per heavy atom. The molecule has 0 radical (unpaired) electrons. The molecule has 0 saturated carbocycles. The summed E-state index contributed by atoms with van der Waals surface area (Å²) in [6, 6.07) is 16.2. The van der Waals surface area contributed by atoms with Gasteiger partial charge in [-0.1, -0.05) is 18.2 Å². The van der Waals surface area contributed by atoms with Crippen LogP contribution in [0.1, 0.15) is 33.6 Å². The second-order valence-corrected chi connectivity index (χ2v) is 10.4. The van der Waals surface area contributed by atoms with Crippen LogP contribution in [0.4, 0.5) is 4.39 Å². The molecule has 2 heterocycles. The minimum atomic E-state index is -3.66. The molecule has 1 N–H and O–H groups in total. The van der Waals surface area contributed by atoms with Gasteiger partial charge in [-0.3, -0.25) is 4.79 Å². The average Bonchev–Trinajstić information content (AvgIpc) is 3.44. The van der Waals surface area contributed by atoms with Crippen molar-refractivity contribution in [2.45, 2.75) is 36.7 Å². The second kappa shape index (κ2) is 9.30. The van der Waals surface area contributed by atoms with E-state index in [1.54, 1.807) is 18.2 Å². The number of sulfonamides is 1. The molecule has 0 spiro atoms. The molecular weight excluding hydrogens is 435 g/mol. The van der Waals surface area contributed by atoms with E-state index in [0.717, 1.165) is 23.3 Å². The highest BCUT2D eigenvalue weighted by molar-refractivity contribution is 7.89. The molecule has 8 heteroatoms. The molecule has 1 aliphatic heterocycles. The van der Waals surface area contributed by atoms with Crippen LogP contribution in [0.15, 0.2) is 70.9 Å². The lowest BCUT2D eigenvalue weighted by molar-refractivity contribution is 0.0736. The van der Waals surface area contributed by atoms with Gasteiger partial charge in [0.15, 0.2) is 0 Å². The smallest absolute Gasteiger partial charge is 0.254 e. The van der Waals surface area contributed by atoms with E-state index >= 15 is 0 Å². The molecule has 5 nitrogen and oxygen atoms in total. The van der Waals surface area contributed by atoms with Gasteiger partial charge >= 0.3 is 0 Å². The summed E-state index contributed by atoms with van der Waals surface area (Å²) >= 11 is 1.48. The zero-order valence-electron chi connectivity index (χ0n) is 16.8. The van der Waals surface area contributed by atoms with Crippen LogP contribution in [0.2, 0.25) is 0 Å². The lowest BCUT2D eigenvalue weighted by Gasteiger charge is -2.25. The van der Waals surface area contributed by atoms with Crippen molar-refractivity contribution < 1.29 is 17.6 Å². The first-order valence-electron chi connectivity index (χ1n) is 10.1. The van der Waals surface area contributed by atoms with Crippen LogP contribution < -0.4 is 4.72 Å². The van der Waals surface area contributed by atoms with Crippen molar-refractivity contribution in [1.29, 1.82) is 0 Å². The van der Waals surface area contributed by atoms with E-state index in [9.17, 15) is 17.6 Å². The van der Waals surface area contributed by atoms with E-state index in [4.69, 9.17) is 0 Å². The van der Waals surface area contributed by atoms with Crippen LogP contribution in [0, 0.1) is 5.82 Å². The molecule has 1 amide bonds. The van der Waals surface area contributed by atoms with Crippen LogP contribution in [0.25, 0.3) is 0 Å². The number of nitrogens with zero attached hydrogens (tertiary/aromatic N) is 1. The van der Waals surface area contributed by atoms with Crippen LogP contribution in [-0.4, -0.2) is 31.8 Å². The summed E-state index contributed by atoms with van der Waals surface area (Å²) in [4.78, 5) is 15.9. The fraction of sp³-hybridized carbons (Fsp3) is 0.261. The maximum Gasteiger partial charge on any atom is 0.254 e. The van der Waals surface area contributed by atoms with Gasteiger partial charge in [0.1, 0.15) is 5.82 Å². The zero-order valence-corrected chi connectivity index (χ0v) is 18.5. The molecular formula is C23H23FN2O3S2. The first-order chi connectivity index (χ1) is 14.9. The van der Waals surface area contributed by atoms with E-state index in [2.05, 4.69) is 4.72 Å². The SMILES string of the molecule is O=C(c1ccc(S(=O)(=O)NCc2cccs2)cc1)N1CCCC1Cc1cccc(F)c1. The topological polar surface area (TPSA) is 66.5 Å². The molecule has 3 aromatic rings. The molecule has 0 bridgehead atoms. The number of nitrogens with one attached hydrogen (secondary N) is 1. The van der Waals surface area contributed by atoms with Crippen molar-refractivity contribution >= 4 is 27.3 Å². The van der Waals surface area contributed by atoms with Crippen molar-refractivity contribution in [3.05, 3.63) is 87.9 Å². The maximum atomic E-state index is 13.5. The van der Waals surface area contributed by atoms with E-state index in [1.165, 1.54) is 35.6 Å². The van der Waals surface area contributed by atoms with Gasteiger partial charge in [0.05, 0.1) is 4.90 Å². The highest BCUT2D eigenvalue weighted by atomic mass is 32.2. The third-order valence-electron chi connectivity index (χ3n) is 5.43. The van der Waals surface area contributed by atoms with Crippen LogP contribution in [0.3, 0.4) is 0 Å². The molecule has 1 unspecified atom stereocenters. The quantitative estimate of drug-likeness (QED) is 0.577. The highest BCUT2D eigenvalue weighted by Gasteiger charge is 2.29. The Labute approximate surface area is 185 Å². The molecule has 31 heavy (non-hydrogen) atoms. The molecule has 1 aliphatic rings.